The topological polar surface area (TPSA) is 67.9 Å². The molecule has 0 spiro atoms. The maximum Gasteiger partial charge on any atom is 0.410 e. The predicted molar refractivity (Wildman–Crippen MR) is 109 cm³/mol. The van der Waals surface area contributed by atoms with Crippen molar-refractivity contribution in [2.45, 2.75) is 103 Å². The molecule has 0 bridgehead atoms. The first-order valence-corrected chi connectivity index (χ1v) is 12.5. The highest BCUT2D eigenvalue weighted by Crippen LogP contribution is 2.44. The standard InChI is InChI=1S/C20H38N2O4Si/c1-11(2)16-10-25-20(24)22(16)18-17(21-19(18)23)15(9)26-27(12(3)4,13(5)6)14(7)8/h11-18H,10H2,1-9H3,(H,21,23)/t15-,16+,17+,18+/m0/s1. The Bertz CT molecular complexity index is 542. The molecule has 2 fully saturated rings. The van der Waals surface area contributed by atoms with Crippen LogP contribution in [-0.4, -0.2) is 56.1 Å². The number of cyclic esters (lactones) is 1. The Kier molecular flexibility index (Phi) is 6.67. The molecule has 2 amide bonds. The molecule has 2 heterocycles. The number of ether oxygens (including phenoxy) is 1. The number of carbonyl (C=O) groups excluding carboxylic acids is 2. The second-order valence-corrected chi connectivity index (χ2v) is 14.8. The van der Waals surface area contributed by atoms with Gasteiger partial charge in [0.2, 0.25) is 14.2 Å². The third-order valence-corrected chi connectivity index (χ3v) is 12.7. The highest BCUT2D eigenvalue weighted by Gasteiger charge is 2.55. The maximum atomic E-state index is 12.4. The predicted octanol–water partition coefficient (Wildman–Crippen LogP) is 3.91. The van der Waals surface area contributed by atoms with Crippen molar-refractivity contribution >= 4 is 20.3 Å². The minimum absolute atomic E-state index is 0.0643. The molecule has 1 N–H and O–H groups in total. The van der Waals surface area contributed by atoms with E-state index < -0.39 is 14.4 Å². The van der Waals surface area contributed by atoms with E-state index in [2.05, 4.69) is 60.7 Å². The Morgan fingerprint density at radius 1 is 1.00 bits per heavy atom. The van der Waals surface area contributed by atoms with Gasteiger partial charge in [-0.1, -0.05) is 55.4 Å². The van der Waals surface area contributed by atoms with Crippen molar-refractivity contribution in [3.63, 3.8) is 0 Å². The van der Waals surface area contributed by atoms with Gasteiger partial charge >= 0.3 is 6.09 Å². The van der Waals surface area contributed by atoms with Crippen LogP contribution in [0.2, 0.25) is 16.6 Å². The van der Waals surface area contributed by atoms with E-state index in [4.69, 9.17) is 9.16 Å². The van der Waals surface area contributed by atoms with Gasteiger partial charge < -0.3 is 14.5 Å². The molecule has 0 unspecified atom stereocenters. The molecule has 2 saturated heterocycles. The fourth-order valence-electron chi connectivity index (χ4n) is 5.15. The highest BCUT2D eigenvalue weighted by molar-refractivity contribution is 6.77. The molecule has 0 aromatic rings. The summed E-state index contributed by atoms with van der Waals surface area (Å²) in [7, 11) is -2.07. The summed E-state index contributed by atoms with van der Waals surface area (Å²) in [6.07, 6.45) is -0.529. The van der Waals surface area contributed by atoms with Gasteiger partial charge in [-0.05, 0) is 29.5 Å². The molecule has 0 aliphatic carbocycles. The number of nitrogens with one attached hydrogen (secondary N) is 1. The average Bonchev–Trinajstić information content (AvgIpc) is 2.90. The van der Waals surface area contributed by atoms with Gasteiger partial charge in [0, 0.05) is 0 Å². The summed E-state index contributed by atoms with van der Waals surface area (Å²) in [5.41, 5.74) is 1.40. The van der Waals surface area contributed by atoms with E-state index >= 15 is 0 Å². The smallest absolute Gasteiger partial charge is 0.410 e. The minimum Gasteiger partial charge on any atom is -0.447 e. The van der Waals surface area contributed by atoms with Crippen molar-refractivity contribution in [1.82, 2.24) is 10.2 Å². The van der Waals surface area contributed by atoms with Gasteiger partial charge in [0.15, 0.2) is 0 Å². The number of hydrogen-bond acceptors (Lipinski definition) is 4. The second kappa shape index (κ2) is 8.11. The van der Waals surface area contributed by atoms with Crippen LogP contribution in [0.15, 0.2) is 0 Å². The van der Waals surface area contributed by atoms with Crippen LogP contribution >= 0.6 is 0 Å². The van der Waals surface area contributed by atoms with Crippen LogP contribution in [0.25, 0.3) is 0 Å². The van der Waals surface area contributed by atoms with E-state index in [1.807, 2.05) is 6.92 Å². The fourth-order valence-corrected chi connectivity index (χ4v) is 10.8. The van der Waals surface area contributed by atoms with Crippen LogP contribution < -0.4 is 5.32 Å². The summed E-state index contributed by atoms with van der Waals surface area (Å²) in [4.78, 5) is 26.4. The van der Waals surface area contributed by atoms with E-state index in [0.29, 0.717) is 23.2 Å². The Balaban J connectivity index is 2.24. The summed E-state index contributed by atoms with van der Waals surface area (Å²) < 4.78 is 12.1. The Morgan fingerprint density at radius 3 is 1.93 bits per heavy atom. The number of β-lactam (4-membered cyclic amide) rings is 1. The summed E-state index contributed by atoms with van der Waals surface area (Å²) >= 11 is 0. The van der Waals surface area contributed by atoms with Crippen molar-refractivity contribution in [1.29, 1.82) is 0 Å². The van der Waals surface area contributed by atoms with Gasteiger partial charge in [-0.3, -0.25) is 9.69 Å². The number of hydrogen-bond donors (Lipinski definition) is 1. The molecule has 7 heteroatoms. The Morgan fingerprint density at radius 2 is 1.52 bits per heavy atom. The van der Waals surface area contributed by atoms with E-state index in [-0.39, 0.29) is 36.1 Å². The molecule has 0 saturated carbocycles. The molecular weight excluding hydrogens is 360 g/mol. The van der Waals surface area contributed by atoms with E-state index in [1.165, 1.54) is 0 Å². The molecule has 27 heavy (non-hydrogen) atoms. The summed E-state index contributed by atoms with van der Waals surface area (Å²) in [6, 6.07) is -0.751. The van der Waals surface area contributed by atoms with Gasteiger partial charge in [0.1, 0.15) is 12.6 Å². The maximum absolute atomic E-state index is 12.4. The van der Waals surface area contributed by atoms with Crippen LogP contribution in [0.4, 0.5) is 4.79 Å². The lowest BCUT2D eigenvalue weighted by atomic mass is 9.90. The van der Waals surface area contributed by atoms with Crippen LogP contribution in [0.1, 0.15) is 62.3 Å². The molecule has 4 atom stereocenters. The van der Waals surface area contributed by atoms with Crippen LogP contribution in [0, 0.1) is 5.92 Å². The first-order chi connectivity index (χ1) is 12.4. The SMILES string of the molecule is CC(C)[C@H]1COC(=O)N1[C@H]1C(=O)N[C@@H]1[C@H](C)O[Si](C(C)C)(C(C)C)C(C)C. The van der Waals surface area contributed by atoms with Gasteiger partial charge in [-0.15, -0.1) is 0 Å². The zero-order valence-electron chi connectivity index (χ0n) is 18.4. The molecule has 2 aliphatic rings. The van der Waals surface area contributed by atoms with Crippen molar-refractivity contribution < 1.29 is 18.8 Å². The third kappa shape index (κ3) is 3.77. The van der Waals surface area contributed by atoms with Crippen molar-refractivity contribution in [3.8, 4) is 0 Å². The van der Waals surface area contributed by atoms with Gasteiger partial charge in [0.05, 0.1) is 18.2 Å². The van der Waals surface area contributed by atoms with Gasteiger partial charge in [-0.2, -0.15) is 0 Å². The van der Waals surface area contributed by atoms with Gasteiger partial charge in [0.25, 0.3) is 0 Å². The number of carbonyl (C=O) groups is 2. The average molecular weight is 399 g/mol. The van der Waals surface area contributed by atoms with Crippen molar-refractivity contribution in [2.24, 2.45) is 5.92 Å². The number of rotatable bonds is 8. The van der Waals surface area contributed by atoms with E-state index in [9.17, 15) is 9.59 Å². The molecule has 2 aliphatic heterocycles. The molecule has 6 nitrogen and oxygen atoms in total. The first kappa shape index (κ1) is 22.2. The zero-order valence-corrected chi connectivity index (χ0v) is 19.4. The molecule has 0 aromatic heterocycles. The third-order valence-electron chi connectivity index (χ3n) is 6.54. The number of nitrogens with zero attached hydrogens (tertiary/aromatic N) is 1. The quantitative estimate of drug-likeness (QED) is 0.497. The Hall–Kier alpha value is -1.08. The molecular formula is C20H38N2O4Si. The van der Waals surface area contributed by atoms with Crippen molar-refractivity contribution in [3.05, 3.63) is 0 Å². The normalized spacial score (nSPS) is 27.4. The second-order valence-electron chi connectivity index (χ2n) is 9.42. The summed E-state index contributed by atoms with van der Waals surface area (Å²) in [5.74, 6) is 0.128. The van der Waals surface area contributed by atoms with Crippen LogP contribution in [0.3, 0.4) is 0 Å². The fraction of sp³-hybridized carbons (Fsp3) is 0.900. The number of amides is 2. The van der Waals surface area contributed by atoms with Crippen molar-refractivity contribution in [2.75, 3.05) is 6.61 Å². The lowest BCUT2D eigenvalue weighted by molar-refractivity contribution is -0.140. The van der Waals surface area contributed by atoms with E-state index in [0.717, 1.165) is 0 Å². The van der Waals surface area contributed by atoms with Crippen LogP contribution in [-0.2, 0) is 14.0 Å². The summed E-state index contributed by atoms with van der Waals surface area (Å²) in [6.45, 7) is 20.0. The monoisotopic (exact) mass is 398 g/mol. The molecule has 156 valence electrons. The molecule has 2 rings (SSSR count). The summed E-state index contributed by atoms with van der Waals surface area (Å²) in [5, 5.41) is 3.00. The van der Waals surface area contributed by atoms with Gasteiger partial charge in [-0.25, -0.2) is 4.79 Å². The van der Waals surface area contributed by atoms with E-state index in [1.54, 1.807) is 4.90 Å². The first-order valence-electron chi connectivity index (χ1n) is 10.4. The Labute approximate surface area is 165 Å². The highest BCUT2D eigenvalue weighted by atomic mass is 28.4. The lowest BCUT2D eigenvalue weighted by Crippen LogP contribution is -2.75. The molecule has 0 radical (unpaired) electrons. The minimum atomic E-state index is -2.07. The zero-order chi connectivity index (χ0) is 20.7. The van der Waals surface area contributed by atoms with Crippen LogP contribution in [0.5, 0.6) is 0 Å². The molecule has 0 aromatic carbocycles. The lowest BCUT2D eigenvalue weighted by Gasteiger charge is -2.50. The largest absolute Gasteiger partial charge is 0.447 e.